The van der Waals surface area contributed by atoms with E-state index < -0.39 is 12.1 Å². The molecule has 1 saturated heterocycles. The van der Waals surface area contributed by atoms with Crippen LogP contribution in [0.1, 0.15) is 31.4 Å². The monoisotopic (exact) mass is 442 g/mol. The molecule has 0 bridgehead atoms. The Morgan fingerprint density at radius 2 is 2.00 bits per heavy atom. The maximum atomic E-state index is 13.1. The van der Waals surface area contributed by atoms with Gasteiger partial charge in [0.1, 0.15) is 11.6 Å². The molecule has 10 nitrogen and oxygen atoms in total. The molecule has 1 atom stereocenters. The van der Waals surface area contributed by atoms with Crippen molar-refractivity contribution < 1.29 is 23.8 Å². The number of urea groups is 1. The first-order valence-corrected chi connectivity index (χ1v) is 10.2. The fraction of sp³-hybridized carbons (Fsp3) is 0.333. The molecule has 168 valence electrons. The van der Waals surface area contributed by atoms with Crippen LogP contribution in [0, 0.1) is 5.82 Å². The highest BCUT2D eigenvalue weighted by atomic mass is 19.1. The molecule has 0 radical (unpaired) electrons. The van der Waals surface area contributed by atoms with E-state index in [0.29, 0.717) is 37.0 Å². The predicted molar refractivity (Wildman–Crippen MR) is 115 cm³/mol. The Kier molecular flexibility index (Phi) is 6.17. The van der Waals surface area contributed by atoms with Crippen LogP contribution in [-0.2, 0) is 4.74 Å². The molecule has 11 heteroatoms. The number of aromatic amines is 1. The Bertz CT molecular complexity index is 1110. The summed E-state index contributed by atoms with van der Waals surface area (Å²) in [5, 5.41) is 22.7. The number of rotatable bonds is 5. The number of halogens is 1. The quantitative estimate of drug-likeness (QED) is 0.477. The van der Waals surface area contributed by atoms with Gasteiger partial charge in [0.05, 0.1) is 16.9 Å². The van der Waals surface area contributed by atoms with Gasteiger partial charge in [-0.3, -0.25) is 15.3 Å². The van der Waals surface area contributed by atoms with E-state index in [1.807, 2.05) is 0 Å². The smallest absolute Gasteiger partial charge is 0.413 e. The second kappa shape index (κ2) is 9.18. The summed E-state index contributed by atoms with van der Waals surface area (Å²) in [6, 6.07) is 6.38. The molecule has 0 unspecified atom stereocenters. The minimum absolute atomic E-state index is 0.232. The van der Waals surface area contributed by atoms with Crippen molar-refractivity contribution in [3.05, 3.63) is 47.9 Å². The number of hydrogen-bond acceptors (Lipinski definition) is 5. The number of nitrogens with zero attached hydrogens (tertiary/aromatic N) is 3. The number of hydrogen-bond donors (Lipinski definition) is 4. The van der Waals surface area contributed by atoms with Gasteiger partial charge in [0, 0.05) is 31.5 Å². The van der Waals surface area contributed by atoms with Crippen LogP contribution < -0.4 is 15.5 Å². The second-order valence-corrected chi connectivity index (χ2v) is 7.53. The number of carbonyl (C=O) groups excluding carboxylic acids is 1. The van der Waals surface area contributed by atoms with E-state index in [0.717, 1.165) is 5.56 Å². The lowest BCUT2D eigenvalue weighted by molar-refractivity contribution is 0.0837. The number of carbonyl (C=O) groups is 2. The first-order chi connectivity index (χ1) is 15.4. The normalized spacial score (nSPS) is 15.3. The molecule has 3 amide bonds. The third kappa shape index (κ3) is 4.62. The van der Waals surface area contributed by atoms with Crippen molar-refractivity contribution in [3.8, 4) is 0 Å². The van der Waals surface area contributed by atoms with Gasteiger partial charge in [0.15, 0.2) is 5.82 Å². The van der Waals surface area contributed by atoms with E-state index in [9.17, 15) is 19.1 Å². The number of fused-ring (bicyclic) bond motifs is 1. The molecule has 0 saturated carbocycles. The summed E-state index contributed by atoms with van der Waals surface area (Å²) in [7, 11) is 0. The van der Waals surface area contributed by atoms with Crippen LogP contribution in [0.2, 0.25) is 0 Å². The van der Waals surface area contributed by atoms with Crippen molar-refractivity contribution in [2.75, 3.05) is 23.4 Å². The fourth-order valence-corrected chi connectivity index (χ4v) is 3.70. The van der Waals surface area contributed by atoms with Gasteiger partial charge in [0.25, 0.3) is 0 Å². The highest BCUT2D eigenvalue weighted by Crippen LogP contribution is 2.29. The number of carboxylic acid groups (broad SMARTS) is 1. The van der Waals surface area contributed by atoms with Gasteiger partial charge in [-0.2, -0.15) is 5.10 Å². The molecule has 2 aromatic heterocycles. The van der Waals surface area contributed by atoms with E-state index in [-0.39, 0.29) is 29.5 Å². The van der Waals surface area contributed by atoms with Gasteiger partial charge >= 0.3 is 12.1 Å². The maximum Gasteiger partial charge on any atom is 0.413 e. The third-order valence-corrected chi connectivity index (χ3v) is 5.38. The van der Waals surface area contributed by atoms with Crippen molar-refractivity contribution in [2.45, 2.75) is 31.8 Å². The summed E-state index contributed by atoms with van der Waals surface area (Å²) in [4.78, 5) is 29.7. The first kappa shape index (κ1) is 21.5. The van der Waals surface area contributed by atoms with E-state index >= 15 is 0 Å². The number of H-pyrrole nitrogens is 1. The Labute approximate surface area is 182 Å². The summed E-state index contributed by atoms with van der Waals surface area (Å²) in [6.07, 6.45) is 1.55. The molecule has 3 aromatic rings. The summed E-state index contributed by atoms with van der Waals surface area (Å²) < 4.78 is 18.4. The number of anilines is 2. The zero-order chi connectivity index (χ0) is 22.7. The fourth-order valence-electron chi connectivity index (χ4n) is 3.70. The van der Waals surface area contributed by atoms with Crippen molar-refractivity contribution in [1.29, 1.82) is 0 Å². The molecular formula is C21H23FN6O4. The molecule has 1 aliphatic heterocycles. The van der Waals surface area contributed by atoms with Crippen molar-refractivity contribution in [1.82, 2.24) is 20.5 Å². The topological polar surface area (TPSA) is 132 Å². The lowest BCUT2D eigenvalue weighted by Crippen LogP contribution is -2.43. The molecule has 0 aliphatic carbocycles. The SMILES string of the molecule is C[C@@H](NC(=O)Nc1cc2[nH]nc(N(C(=O)O)C3CCOCC3)c2cn1)c1ccc(F)cc1. The van der Waals surface area contributed by atoms with Gasteiger partial charge in [-0.05, 0) is 37.5 Å². The highest BCUT2D eigenvalue weighted by Gasteiger charge is 2.30. The van der Waals surface area contributed by atoms with Crippen LogP contribution >= 0.6 is 0 Å². The highest BCUT2D eigenvalue weighted by molar-refractivity contribution is 5.99. The average Bonchev–Trinajstić information content (AvgIpc) is 3.17. The van der Waals surface area contributed by atoms with Crippen molar-refractivity contribution >= 4 is 34.7 Å². The van der Waals surface area contributed by atoms with Crippen molar-refractivity contribution in [3.63, 3.8) is 0 Å². The molecule has 0 spiro atoms. The van der Waals surface area contributed by atoms with E-state index in [4.69, 9.17) is 4.74 Å². The zero-order valence-electron chi connectivity index (χ0n) is 17.3. The first-order valence-electron chi connectivity index (χ1n) is 10.2. The van der Waals surface area contributed by atoms with Crippen LogP contribution in [0.25, 0.3) is 10.9 Å². The van der Waals surface area contributed by atoms with E-state index in [2.05, 4.69) is 25.8 Å². The number of ether oxygens (including phenoxy) is 1. The van der Waals surface area contributed by atoms with Crippen LogP contribution in [0.5, 0.6) is 0 Å². The van der Waals surface area contributed by atoms with Gasteiger partial charge in [-0.1, -0.05) is 12.1 Å². The average molecular weight is 442 g/mol. The minimum atomic E-state index is -1.10. The van der Waals surface area contributed by atoms with Gasteiger partial charge in [-0.15, -0.1) is 0 Å². The Morgan fingerprint density at radius 1 is 1.28 bits per heavy atom. The number of pyridine rings is 1. The summed E-state index contributed by atoms with van der Waals surface area (Å²) >= 11 is 0. The van der Waals surface area contributed by atoms with Gasteiger partial charge in [0.2, 0.25) is 0 Å². The molecule has 1 aromatic carbocycles. The number of nitrogens with one attached hydrogen (secondary N) is 3. The molecule has 32 heavy (non-hydrogen) atoms. The predicted octanol–water partition coefficient (Wildman–Crippen LogP) is 3.64. The Morgan fingerprint density at radius 3 is 2.69 bits per heavy atom. The minimum Gasteiger partial charge on any atom is -0.465 e. The molecule has 1 aliphatic rings. The van der Waals surface area contributed by atoms with Crippen LogP contribution in [0.3, 0.4) is 0 Å². The largest absolute Gasteiger partial charge is 0.465 e. The van der Waals surface area contributed by atoms with Crippen LogP contribution in [0.15, 0.2) is 36.5 Å². The zero-order valence-corrected chi connectivity index (χ0v) is 17.3. The van der Waals surface area contributed by atoms with Gasteiger partial charge < -0.3 is 15.2 Å². The molecule has 4 N–H and O–H groups in total. The molecular weight excluding hydrogens is 419 g/mol. The molecule has 3 heterocycles. The standard InChI is InChI=1S/C21H23FN6O4/c1-12(13-2-4-14(22)5-3-13)24-20(29)25-18-10-17-16(11-23-18)19(27-26-17)28(21(30)31)15-6-8-32-9-7-15/h2-5,10-12,15H,6-9H2,1H3,(H,26,27)(H,30,31)(H2,23,24,25,29)/t12-/m1/s1. The van der Waals surface area contributed by atoms with E-state index in [1.165, 1.54) is 23.2 Å². The summed E-state index contributed by atoms with van der Waals surface area (Å²) in [5.41, 5.74) is 1.29. The number of benzene rings is 1. The summed E-state index contributed by atoms with van der Waals surface area (Å²) in [5.74, 6) is 0.192. The third-order valence-electron chi connectivity index (χ3n) is 5.38. The Hall–Kier alpha value is -3.73. The Balaban J connectivity index is 1.47. The van der Waals surface area contributed by atoms with Crippen LogP contribution in [0.4, 0.5) is 25.6 Å². The lowest BCUT2D eigenvalue weighted by Gasteiger charge is -2.30. The number of amides is 3. The second-order valence-electron chi connectivity index (χ2n) is 7.53. The molecule has 4 rings (SSSR count). The van der Waals surface area contributed by atoms with Crippen LogP contribution in [-0.4, -0.2) is 51.7 Å². The maximum absolute atomic E-state index is 13.1. The lowest BCUT2D eigenvalue weighted by atomic mass is 10.1. The molecule has 1 fully saturated rings. The van der Waals surface area contributed by atoms with E-state index in [1.54, 1.807) is 25.1 Å². The van der Waals surface area contributed by atoms with Crippen molar-refractivity contribution in [2.24, 2.45) is 0 Å². The summed E-state index contributed by atoms with van der Waals surface area (Å²) in [6.45, 7) is 2.77. The number of aromatic nitrogens is 3. The van der Waals surface area contributed by atoms with Gasteiger partial charge in [-0.25, -0.2) is 19.0 Å².